The van der Waals surface area contributed by atoms with Crippen LogP contribution in [0.2, 0.25) is 0 Å². The number of urea groups is 1. The summed E-state index contributed by atoms with van der Waals surface area (Å²) < 4.78 is 19.6. The number of carbonyl (C=O) groups is 4. The molecular formula is C46H60N8O8S. The molecule has 8 rings (SSSR count). The van der Waals surface area contributed by atoms with Gasteiger partial charge in [0.2, 0.25) is 11.6 Å². The van der Waals surface area contributed by atoms with Crippen LogP contribution in [0.3, 0.4) is 0 Å². The van der Waals surface area contributed by atoms with Crippen molar-refractivity contribution in [2.45, 2.75) is 116 Å². The van der Waals surface area contributed by atoms with E-state index in [1.807, 2.05) is 46.1 Å². The third-order valence-corrected chi connectivity index (χ3v) is 13.9. The maximum absolute atomic E-state index is 14.6. The van der Waals surface area contributed by atoms with Gasteiger partial charge in [0.25, 0.3) is 5.91 Å². The van der Waals surface area contributed by atoms with Crippen LogP contribution in [0, 0.1) is 11.3 Å². The van der Waals surface area contributed by atoms with Crippen molar-refractivity contribution in [3.05, 3.63) is 58.2 Å². The number of ether oxygens (including phenoxy) is 3. The van der Waals surface area contributed by atoms with E-state index in [4.69, 9.17) is 24.2 Å². The average molecular weight is 885 g/mol. The number of hydrogen-bond acceptors (Lipinski definition) is 12. The number of morpholine rings is 1. The second-order valence-electron chi connectivity index (χ2n) is 18.6. The maximum atomic E-state index is 14.6. The Labute approximate surface area is 372 Å². The fourth-order valence-electron chi connectivity index (χ4n) is 9.74. The predicted octanol–water partition coefficient (Wildman–Crippen LogP) is 5.07. The predicted molar refractivity (Wildman–Crippen MR) is 237 cm³/mol. The van der Waals surface area contributed by atoms with E-state index in [0.29, 0.717) is 31.2 Å². The Balaban J connectivity index is 1.19. The number of hydrazine groups is 1. The number of esters is 1. The van der Waals surface area contributed by atoms with E-state index in [9.17, 15) is 24.3 Å². The summed E-state index contributed by atoms with van der Waals surface area (Å²) in [5, 5.41) is 19.6. The Morgan fingerprint density at radius 1 is 1.16 bits per heavy atom. The second-order valence-corrected chi connectivity index (χ2v) is 19.5. The normalized spacial score (nSPS) is 24.6. The molecule has 6 atom stereocenters. The van der Waals surface area contributed by atoms with Crippen LogP contribution in [0.1, 0.15) is 83.2 Å². The first-order valence-electron chi connectivity index (χ1n) is 22.0. The zero-order valence-corrected chi connectivity index (χ0v) is 38.3. The largest absolute Gasteiger partial charge is 0.462 e. The van der Waals surface area contributed by atoms with E-state index in [1.165, 1.54) is 21.2 Å². The van der Waals surface area contributed by atoms with Gasteiger partial charge in [0, 0.05) is 79.1 Å². The highest BCUT2D eigenvalue weighted by Gasteiger charge is 2.49. The number of hydrogen-bond donors (Lipinski definition) is 3. The summed E-state index contributed by atoms with van der Waals surface area (Å²) in [7, 11) is 3.29. The molecule has 8 bridgehead atoms. The molecule has 4 aromatic rings. The first-order valence-corrected chi connectivity index (χ1v) is 22.9. The van der Waals surface area contributed by atoms with E-state index in [0.717, 1.165) is 51.1 Å². The van der Waals surface area contributed by atoms with Crippen molar-refractivity contribution in [2.75, 3.05) is 40.5 Å². The molecule has 16 nitrogen and oxygen atoms in total. The SMILES string of the molecule is CCn1c(-c2cccnc2[C@H](C)OC)c2c3cc(ccc31)-c1csc(n1)C[C@H](NC(=O)[C@H](C(C)C)N(C)C(=O)N1C3COCC1C3)C(=O)N1CCC[C@@](O)(N1)C(=O)OCC(C)(C)C2. The number of pyridine rings is 1. The van der Waals surface area contributed by atoms with Crippen molar-refractivity contribution in [2.24, 2.45) is 11.3 Å². The third kappa shape index (κ3) is 8.45. The number of thiazole rings is 1. The molecule has 7 heterocycles. The number of carbonyl (C=O) groups excluding carboxylic acids is 4. The van der Waals surface area contributed by atoms with Gasteiger partial charge in [0.15, 0.2) is 0 Å². The molecule has 4 aliphatic rings. The lowest BCUT2D eigenvalue weighted by molar-refractivity contribution is -0.189. The molecule has 0 radical (unpaired) electrons. The summed E-state index contributed by atoms with van der Waals surface area (Å²) >= 11 is 1.38. The Kier molecular flexibility index (Phi) is 12.4. The zero-order valence-electron chi connectivity index (χ0n) is 37.5. The molecule has 63 heavy (non-hydrogen) atoms. The standard InChI is InChI=1S/C46H60N8O8S/c1-9-52-36-14-13-28-18-32(36)33(40(52)31-12-10-16-47-38(31)27(4)60-8)21-45(5,6)25-62-43(57)46(59)15-11-17-53(50-46)42(56)34(20-37-48-35(28)24-63-37)49-41(55)39(26(2)3)51(7)44(58)54-29-19-30(54)23-61-22-29/h10,12-14,16,18,24,26-27,29-30,34,39,50,59H,9,11,15,17,19-23,25H2,1-8H3,(H,49,55)/t27-,29?,30?,34-,39-,46-/m0/s1. The number of rotatable bonds is 8. The quantitative estimate of drug-likeness (QED) is 0.201. The van der Waals surface area contributed by atoms with Crippen LogP contribution in [0.5, 0.6) is 0 Å². The third-order valence-electron chi connectivity index (χ3n) is 13.0. The molecule has 3 saturated heterocycles. The summed E-state index contributed by atoms with van der Waals surface area (Å²) in [6.07, 6.45) is 3.18. The van der Waals surface area contributed by atoms with Gasteiger partial charge in [-0.15, -0.1) is 11.3 Å². The Bertz CT molecular complexity index is 2380. The summed E-state index contributed by atoms with van der Waals surface area (Å²) in [6.45, 7) is 13.6. The summed E-state index contributed by atoms with van der Waals surface area (Å²) in [5.41, 5.74) is 6.37. The molecule has 4 amide bonds. The molecule has 1 aromatic carbocycles. The van der Waals surface area contributed by atoms with Crippen LogP contribution in [0.15, 0.2) is 41.9 Å². The van der Waals surface area contributed by atoms with Crippen molar-refractivity contribution in [1.29, 1.82) is 0 Å². The average Bonchev–Trinajstić information content (AvgIpc) is 3.86. The number of cyclic esters (lactones) is 1. The number of likely N-dealkylation sites (N-methyl/N-ethyl adjacent to an activating group) is 1. The minimum absolute atomic E-state index is 0.00709. The van der Waals surface area contributed by atoms with E-state index >= 15 is 0 Å². The number of methoxy groups -OCH3 is 1. The van der Waals surface area contributed by atoms with Gasteiger partial charge in [-0.3, -0.25) is 19.6 Å². The first kappa shape index (κ1) is 44.7. The highest BCUT2D eigenvalue weighted by Crippen LogP contribution is 2.42. The van der Waals surface area contributed by atoms with E-state index in [2.05, 4.69) is 46.5 Å². The van der Waals surface area contributed by atoms with Crippen LogP contribution in [0.4, 0.5) is 4.79 Å². The number of nitrogens with one attached hydrogen (secondary N) is 2. The number of fused-ring (bicyclic) bond motifs is 8. The lowest BCUT2D eigenvalue weighted by atomic mass is 9.84. The van der Waals surface area contributed by atoms with Crippen molar-refractivity contribution in [3.63, 3.8) is 0 Å². The molecule has 0 saturated carbocycles. The summed E-state index contributed by atoms with van der Waals surface area (Å²) in [5.74, 6) is -2.26. The van der Waals surface area contributed by atoms with Crippen LogP contribution < -0.4 is 10.7 Å². The Morgan fingerprint density at radius 2 is 1.92 bits per heavy atom. The molecule has 2 unspecified atom stereocenters. The molecule has 338 valence electrons. The topological polar surface area (TPSA) is 181 Å². The number of amides is 4. The van der Waals surface area contributed by atoms with Crippen molar-refractivity contribution in [1.82, 2.24) is 40.1 Å². The number of benzene rings is 1. The number of aryl methyl sites for hydroxylation is 1. The first-order chi connectivity index (χ1) is 30.0. The molecule has 3 N–H and O–H groups in total. The van der Waals surface area contributed by atoms with Gasteiger partial charge in [-0.2, -0.15) is 5.43 Å². The van der Waals surface area contributed by atoms with Crippen molar-refractivity contribution in [3.8, 4) is 22.5 Å². The Morgan fingerprint density at radius 3 is 2.62 bits per heavy atom. The summed E-state index contributed by atoms with van der Waals surface area (Å²) in [4.78, 5) is 69.8. The van der Waals surface area contributed by atoms with E-state index in [-0.39, 0.29) is 62.6 Å². The monoisotopic (exact) mass is 884 g/mol. The lowest BCUT2D eigenvalue weighted by Crippen LogP contribution is -2.69. The summed E-state index contributed by atoms with van der Waals surface area (Å²) in [6, 6.07) is 7.91. The van der Waals surface area contributed by atoms with Gasteiger partial charge < -0.3 is 39.0 Å². The van der Waals surface area contributed by atoms with Crippen molar-refractivity contribution >= 4 is 46.1 Å². The number of aromatic nitrogens is 3. The molecular weight excluding hydrogens is 825 g/mol. The molecule has 17 heteroatoms. The van der Waals surface area contributed by atoms with Crippen LogP contribution in [-0.4, -0.2) is 129 Å². The molecule has 4 aliphatic heterocycles. The lowest BCUT2D eigenvalue weighted by Gasteiger charge is -2.53. The van der Waals surface area contributed by atoms with Gasteiger partial charge in [0.05, 0.1) is 60.1 Å². The van der Waals surface area contributed by atoms with Crippen LogP contribution in [-0.2, 0) is 48.0 Å². The minimum atomic E-state index is -2.20. The van der Waals surface area contributed by atoms with E-state index in [1.54, 1.807) is 25.3 Å². The second kappa shape index (κ2) is 17.6. The highest BCUT2D eigenvalue weighted by molar-refractivity contribution is 7.10. The number of aliphatic hydroxyl groups is 1. The smallest absolute Gasteiger partial charge is 0.355 e. The Hall–Kier alpha value is -4.94. The number of nitrogens with zero attached hydrogens (tertiary/aromatic N) is 6. The molecule has 0 spiro atoms. The molecule has 3 aromatic heterocycles. The minimum Gasteiger partial charge on any atom is -0.462 e. The maximum Gasteiger partial charge on any atom is 0.355 e. The fourth-order valence-corrected chi connectivity index (χ4v) is 10.6. The van der Waals surface area contributed by atoms with Gasteiger partial charge in [-0.1, -0.05) is 33.8 Å². The molecule has 0 aliphatic carbocycles. The van der Waals surface area contributed by atoms with Gasteiger partial charge in [-0.25, -0.2) is 14.6 Å². The van der Waals surface area contributed by atoms with Gasteiger partial charge in [0.1, 0.15) is 12.1 Å². The van der Waals surface area contributed by atoms with Crippen LogP contribution >= 0.6 is 11.3 Å². The van der Waals surface area contributed by atoms with E-state index < -0.39 is 41.0 Å². The fraction of sp³-hybridized carbons (Fsp3) is 0.565. The molecule has 3 fully saturated rings. The van der Waals surface area contributed by atoms with Gasteiger partial charge in [-0.05, 0) is 68.9 Å². The van der Waals surface area contributed by atoms with Crippen LogP contribution in [0.25, 0.3) is 33.4 Å². The zero-order chi connectivity index (χ0) is 45.0. The van der Waals surface area contributed by atoms with Gasteiger partial charge >= 0.3 is 12.0 Å². The highest BCUT2D eigenvalue weighted by atomic mass is 32.1. The van der Waals surface area contributed by atoms with Crippen molar-refractivity contribution < 1.29 is 38.5 Å².